The average Bonchev–Trinajstić information content (AvgIpc) is 3.39. The lowest BCUT2D eigenvalue weighted by atomic mass is 9.49. The van der Waals surface area contributed by atoms with E-state index in [2.05, 4.69) is 71.7 Å². The number of hydrogen-bond donors (Lipinski definition) is 1. The van der Waals surface area contributed by atoms with Gasteiger partial charge in [0.15, 0.2) is 5.65 Å². The average molecular weight is 620 g/mol. The van der Waals surface area contributed by atoms with Gasteiger partial charge in [-0.1, -0.05) is 48.5 Å². The molecule has 5 aliphatic rings. The number of aromatic nitrogens is 3. The molecule has 4 aliphatic carbocycles. The van der Waals surface area contributed by atoms with E-state index in [0.717, 1.165) is 89.0 Å². The molecule has 4 saturated carbocycles. The highest BCUT2D eigenvalue weighted by Crippen LogP contribution is 2.61. The summed E-state index contributed by atoms with van der Waals surface area (Å²) in [5.74, 6) is 3.56. The van der Waals surface area contributed by atoms with Gasteiger partial charge >= 0.3 is 5.97 Å². The molecular weight excluding hydrogens is 574 g/mol. The second-order valence-corrected chi connectivity index (χ2v) is 14.4. The molecule has 1 aliphatic heterocycles. The van der Waals surface area contributed by atoms with E-state index >= 15 is 0 Å². The Morgan fingerprint density at radius 3 is 2.37 bits per heavy atom. The Balaban J connectivity index is 0.948. The predicted octanol–water partition coefficient (Wildman–Crippen LogP) is 6.45. The van der Waals surface area contributed by atoms with E-state index in [0.29, 0.717) is 26.2 Å². The second-order valence-electron chi connectivity index (χ2n) is 14.4. The third-order valence-electron chi connectivity index (χ3n) is 10.9. The Labute approximate surface area is 271 Å². The Morgan fingerprint density at radius 2 is 1.63 bits per heavy atom. The summed E-state index contributed by atoms with van der Waals surface area (Å²) in [4.78, 5) is 20.4. The maximum atomic E-state index is 12.8. The number of esters is 1. The summed E-state index contributed by atoms with van der Waals surface area (Å²) in [6, 6.07) is 21.0. The summed E-state index contributed by atoms with van der Waals surface area (Å²) in [7, 11) is 0. The third-order valence-corrected chi connectivity index (χ3v) is 10.9. The van der Waals surface area contributed by atoms with Crippen LogP contribution in [-0.2, 0) is 20.9 Å². The fourth-order valence-corrected chi connectivity index (χ4v) is 9.41. The Morgan fingerprint density at radius 1 is 0.913 bits per heavy atom. The van der Waals surface area contributed by atoms with E-state index in [4.69, 9.17) is 19.6 Å². The Kier molecular flexibility index (Phi) is 8.02. The standard InChI is InChI=1S/C38H45N5O3/c1-26-36(31-7-3-2-4-8-31)37-40-33(20-34(43(37)41-26)42-12-10-39-11-13-42)32-9-5-6-27(19-32)25-45-14-15-46-35(44)24-38-21-28-16-29(22-38)18-30(17-28)23-38/h2-9,19-20,28-30,39H,10-18,21-25H2,1H3. The van der Waals surface area contributed by atoms with Crippen molar-refractivity contribution < 1.29 is 14.3 Å². The number of carbonyl (C=O) groups is 1. The molecule has 0 spiro atoms. The van der Waals surface area contributed by atoms with Crippen molar-refractivity contribution in [2.45, 2.75) is 58.5 Å². The number of aryl methyl sites for hydroxylation is 1. The van der Waals surface area contributed by atoms with Gasteiger partial charge in [0, 0.05) is 43.4 Å². The minimum absolute atomic E-state index is 0.0423. The molecule has 2 aromatic carbocycles. The molecule has 0 radical (unpaired) electrons. The number of nitrogens with zero attached hydrogens (tertiary/aromatic N) is 4. The quantitative estimate of drug-likeness (QED) is 0.162. The van der Waals surface area contributed by atoms with Crippen LogP contribution in [0, 0.1) is 30.1 Å². The van der Waals surface area contributed by atoms with Crippen molar-refractivity contribution >= 4 is 17.4 Å². The van der Waals surface area contributed by atoms with E-state index in [9.17, 15) is 4.79 Å². The first-order valence-corrected chi connectivity index (χ1v) is 17.3. The Bertz CT molecular complexity index is 1680. The number of piperazine rings is 1. The maximum Gasteiger partial charge on any atom is 0.306 e. The number of rotatable bonds is 10. The molecule has 8 nitrogen and oxygen atoms in total. The van der Waals surface area contributed by atoms with Crippen molar-refractivity contribution in [3.05, 3.63) is 71.9 Å². The first kappa shape index (κ1) is 29.6. The number of fused-ring (bicyclic) bond motifs is 1. The van der Waals surface area contributed by atoms with Crippen LogP contribution in [0.15, 0.2) is 60.7 Å². The molecule has 4 bridgehead atoms. The number of ether oxygens (including phenoxy) is 2. The lowest BCUT2D eigenvalue weighted by molar-refractivity contribution is -0.153. The molecule has 3 heterocycles. The van der Waals surface area contributed by atoms with Gasteiger partial charge in [0.25, 0.3) is 0 Å². The van der Waals surface area contributed by atoms with Crippen LogP contribution in [0.1, 0.15) is 56.2 Å². The molecule has 0 unspecified atom stereocenters. The van der Waals surface area contributed by atoms with E-state index in [1.807, 2.05) is 10.6 Å². The molecule has 1 N–H and O–H groups in total. The maximum absolute atomic E-state index is 12.8. The number of carbonyl (C=O) groups excluding carboxylic acids is 1. The summed E-state index contributed by atoms with van der Waals surface area (Å²) in [6.07, 6.45) is 8.46. The van der Waals surface area contributed by atoms with Gasteiger partial charge in [-0.2, -0.15) is 9.61 Å². The fourth-order valence-electron chi connectivity index (χ4n) is 9.41. The monoisotopic (exact) mass is 619 g/mol. The van der Waals surface area contributed by atoms with E-state index < -0.39 is 0 Å². The first-order valence-electron chi connectivity index (χ1n) is 17.3. The van der Waals surface area contributed by atoms with Gasteiger partial charge in [-0.05, 0) is 85.8 Å². The molecule has 9 rings (SSSR count). The fraction of sp³-hybridized carbons (Fsp3) is 0.500. The van der Waals surface area contributed by atoms with Gasteiger partial charge in [0.2, 0.25) is 0 Å². The van der Waals surface area contributed by atoms with E-state index in [1.54, 1.807) is 0 Å². The predicted molar refractivity (Wildman–Crippen MR) is 180 cm³/mol. The summed E-state index contributed by atoms with van der Waals surface area (Å²) >= 11 is 0. The van der Waals surface area contributed by atoms with Crippen LogP contribution in [0.4, 0.5) is 5.82 Å². The lowest BCUT2D eigenvalue weighted by Crippen LogP contribution is -2.47. The molecule has 2 aromatic heterocycles. The molecule has 0 atom stereocenters. The van der Waals surface area contributed by atoms with Crippen LogP contribution in [-0.4, -0.2) is 60.0 Å². The number of nitrogens with one attached hydrogen (secondary N) is 1. The first-order chi connectivity index (χ1) is 22.5. The molecule has 46 heavy (non-hydrogen) atoms. The Hall–Kier alpha value is -3.75. The smallest absolute Gasteiger partial charge is 0.306 e. The van der Waals surface area contributed by atoms with Gasteiger partial charge in [-0.3, -0.25) is 4.79 Å². The summed E-state index contributed by atoms with van der Waals surface area (Å²) in [6.45, 7) is 6.93. The number of anilines is 1. The van der Waals surface area contributed by atoms with Crippen LogP contribution in [0.5, 0.6) is 0 Å². The van der Waals surface area contributed by atoms with Gasteiger partial charge in [0.05, 0.1) is 31.0 Å². The molecule has 240 valence electrons. The van der Waals surface area contributed by atoms with Crippen LogP contribution in [0.25, 0.3) is 28.0 Å². The van der Waals surface area contributed by atoms with Gasteiger partial charge in [0.1, 0.15) is 12.4 Å². The minimum Gasteiger partial charge on any atom is -0.463 e. The lowest BCUT2D eigenvalue weighted by Gasteiger charge is -2.56. The third kappa shape index (κ3) is 5.93. The largest absolute Gasteiger partial charge is 0.463 e. The van der Waals surface area contributed by atoms with Crippen molar-refractivity contribution in [1.29, 1.82) is 0 Å². The topological polar surface area (TPSA) is 81.0 Å². The van der Waals surface area contributed by atoms with Crippen LogP contribution in [0.2, 0.25) is 0 Å². The molecule has 8 heteroatoms. The van der Waals surface area contributed by atoms with Crippen molar-refractivity contribution in [2.24, 2.45) is 23.2 Å². The zero-order valence-corrected chi connectivity index (χ0v) is 26.9. The van der Waals surface area contributed by atoms with Crippen molar-refractivity contribution in [1.82, 2.24) is 19.9 Å². The van der Waals surface area contributed by atoms with Gasteiger partial charge in [-0.25, -0.2) is 4.98 Å². The van der Waals surface area contributed by atoms with E-state index in [-0.39, 0.29) is 11.4 Å². The van der Waals surface area contributed by atoms with Crippen molar-refractivity contribution in [2.75, 3.05) is 44.3 Å². The van der Waals surface area contributed by atoms with Crippen LogP contribution in [0.3, 0.4) is 0 Å². The van der Waals surface area contributed by atoms with Crippen molar-refractivity contribution in [3.8, 4) is 22.4 Å². The van der Waals surface area contributed by atoms with Gasteiger partial charge in [-0.15, -0.1) is 0 Å². The van der Waals surface area contributed by atoms with E-state index in [1.165, 1.54) is 38.5 Å². The van der Waals surface area contributed by atoms with Crippen molar-refractivity contribution in [3.63, 3.8) is 0 Å². The molecule has 0 amide bonds. The minimum atomic E-state index is -0.0423. The zero-order valence-electron chi connectivity index (χ0n) is 26.9. The zero-order chi connectivity index (χ0) is 31.1. The summed E-state index contributed by atoms with van der Waals surface area (Å²) in [5, 5.41) is 8.44. The SMILES string of the molecule is Cc1nn2c(N3CCNCC3)cc(-c3cccc(COCCOC(=O)CC45CC6CC(CC(C6)C4)C5)c3)nc2c1-c1ccccc1. The highest BCUT2D eigenvalue weighted by molar-refractivity contribution is 5.83. The highest BCUT2D eigenvalue weighted by atomic mass is 16.6. The number of hydrogen-bond acceptors (Lipinski definition) is 7. The normalized spacial score (nSPS) is 25.3. The second kappa shape index (κ2) is 12.5. The molecule has 5 fully saturated rings. The molecule has 4 aromatic rings. The van der Waals surface area contributed by atoms with Gasteiger partial charge < -0.3 is 19.7 Å². The summed E-state index contributed by atoms with van der Waals surface area (Å²) < 4.78 is 13.7. The number of benzene rings is 2. The molecule has 1 saturated heterocycles. The summed E-state index contributed by atoms with van der Waals surface area (Å²) in [5.41, 5.74) is 7.25. The highest BCUT2D eigenvalue weighted by Gasteiger charge is 2.51. The van der Waals surface area contributed by atoms with Crippen LogP contribution < -0.4 is 10.2 Å². The van der Waals surface area contributed by atoms with Crippen LogP contribution >= 0.6 is 0 Å². The molecular formula is C38H45N5O3.